The first-order chi connectivity index (χ1) is 8.68. The van der Waals surface area contributed by atoms with Crippen LogP contribution in [0.2, 0.25) is 0 Å². The lowest BCUT2D eigenvalue weighted by Gasteiger charge is -2.30. The Morgan fingerprint density at radius 3 is 2.33 bits per heavy atom. The zero-order chi connectivity index (χ0) is 13.3. The van der Waals surface area contributed by atoms with E-state index >= 15 is 0 Å². The Labute approximate surface area is 111 Å². The van der Waals surface area contributed by atoms with Crippen molar-refractivity contribution in [3.05, 3.63) is 0 Å². The third kappa shape index (κ3) is 6.14. The molecular formula is C14H29NO3. The summed E-state index contributed by atoms with van der Waals surface area (Å²) in [6.07, 6.45) is 4.91. The van der Waals surface area contributed by atoms with Crippen molar-refractivity contribution in [2.24, 2.45) is 0 Å². The molecule has 0 aromatic heterocycles. The fraction of sp³-hybridized carbons (Fsp3) is 1.00. The molecule has 0 atom stereocenters. The van der Waals surface area contributed by atoms with Crippen molar-refractivity contribution in [1.82, 2.24) is 5.32 Å². The summed E-state index contributed by atoms with van der Waals surface area (Å²) in [5.41, 5.74) is 0.0505. The van der Waals surface area contributed by atoms with E-state index in [1.54, 1.807) is 7.11 Å². The maximum absolute atomic E-state index is 6.09. The van der Waals surface area contributed by atoms with Crippen LogP contribution in [0.15, 0.2) is 0 Å². The predicted molar refractivity (Wildman–Crippen MR) is 73.0 cm³/mol. The van der Waals surface area contributed by atoms with E-state index in [4.69, 9.17) is 14.2 Å². The van der Waals surface area contributed by atoms with Crippen LogP contribution in [-0.2, 0) is 14.2 Å². The Kier molecular flexibility index (Phi) is 7.82. The van der Waals surface area contributed by atoms with Gasteiger partial charge >= 0.3 is 0 Å². The number of hydrogen-bond donors (Lipinski definition) is 1. The number of nitrogens with one attached hydrogen (secondary N) is 1. The number of rotatable bonds is 10. The Bertz CT molecular complexity index is 203. The fourth-order valence-electron chi connectivity index (χ4n) is 2.34. The van der Waals surface area contributed by atoms with Crippen LogP contribution in [0.3, 0.4) is 0 Å². The summed E-state index contributed by atoms with van der Waals surface area (Å²) in [6.45, 7) is 7.96. The molecule has 0 aliphatic heterocycles. The topological polar surface area (TPSA) is 39.7 Å². The molecule has 1 rings (SSSR count). The van der Waals surface area contributed by atoms with E-state index in [2.05, 4.69) is 19.2 Å². The minimum absolute atomic E-state index is 0.0505. The normalized spacial score (nSPS) is 18.7. The SMILES string of the molecule is COCCOCCOC1(CNC(C)C)CCCC1. The van der Waals surface area contributed by atoms with Gasteiger partial charge in [0.15, 0.2) is 0 Å². The van der Waals surface area contributed by atoms with Gasteiger partial charge in [-0.15, -0.1) is 0 Å². The molecule has 1 saturated carbocycles. The van der Waals surface area contributed by atoms with Gasteiger partial charge in [-0.25, -0.2) is 0 Å². The van der Waals surface area contributed by atoms with Crippen molar-refractivity contribution in [1.29, 1.82) is 0 Å². The van der Waals surface area contributed by atoms with E-state index in [0.717, 1.165) is 6.54 Å². The van der Waals surface area contributed by atoms with Gasteiger partial charge in [0, 0.05) is 19.7 Å². The van der Waals surface area contributed by atoms with Crippen LogP contribution in [0, 0.1) is 0 Å². The molecule has 1 aliphatic carbocycles. The van der Waals surface area contributed by atoms with Crippen molar-refractivity contribution in [2.45, 2.75) is 51.2 Å². The smallest absolute Gasteiger partial charge is 0.0807 e. The highest BCUT2D eigenvalue weighted by atomic mass is 16.5. The molecule has 0 aromatic carbocycles. The zero-order valence-corrected chi connectivity index (χ0v) is 12.2. The van der Waals surface area contributed by atoms with Crippen LogP contribution >= 0.6 is 0 Å². The van der Waals surface area contributed by atoms with Crippen LogP contribution in [0.25, 0.3) is 0 Å². The van der Waals surface area contributed by atoms with Crippen LogP contribution in [0.5, 0.6) is 0 Å². The van der Waals surface area contributed by atoms with E-state index in [-0.39, 0.29) is 5.60 Å². The molecular weight excluding hydrogens is 230 g/mol. The second-order valence-corrected chi connectivity index (χ2v) is 5.38. The van der Waals surface area contributed by atoms with Crippen LogP contribution in [-0.4, -0.2) is 51.7 Å². The van der Waals surface area contributed by atoms with Gasteiger partial charge in [0.1, 0.15) is 0 Å². The third-order valence-electron chi connectivity index (χ3n) is 3.41. The van der Waals surface area contributed by atoms with E-state index in [0.29, 0.717) is 32.5 Å². The second-order valence-electron chi connectivity index (χ2n) is 5.38. The van der Waals surface area contributed by atoms with Gasteiger partial charge in [-0.2, -0.15) is 0 Å². The van der Waals surface area contributed by atoms with Gasteiger partial charge < -0.3 is 19.5 Å². The third-order valence-corrected chi connectivity index (χ3v) is 3.41. The Morgan fingerprint density at radius 2 is 1.72 bits per heavy atom. The molecule has 0 spiro atoms. The lowest BCUT2D eigenvalue weighted by Crippen LogP contribution is -2.43. The summed E-state index contributed by atoms with van der Waals surface area (Å²) in [5, 5.41) is 3.50. The summed E-state index contributed by atoms with van der Waals surface area (Å²) in [6, 6.07) is 0.518. The minimum Gasteiger partial charge on any atom is -0.382 e. The predicted octanol–water partition coefficient (Wildman–Crippen LogP) is 1.98. The number of ether oxygens (including phenoxy) is 3. The molecule has 0 heterocycles. The van der Waals surface area contributed by atoms with Crippen LogP contribution < -0.4 is 5.32 Å². The average molecular weight is 259 g/mol. The number of methoxy groups -OCH3 is 1. The molecule has 0 aromatic rings. The lowest BCUT2D eigenvalue weighted by atomic mass is 10.0. The lowest BCUT2D eigenvalue weighted by molar-refractivity contribution is -0.0665. The average Bonchev–Trinajstić information content (AvgIpc) is 2.81. The van der Waals surface area contributed by atoms with Gasteiger partial charge in [0.2, 0.25) is 0 Å². The van der Waals surface area contributed by atoms with E-state index in [9.17, 15) is 0 Å². The monoisotopic (exact) mass is 259 g/mol. The van der Waals surface area contributed by atoms with Crippen LogP contribution in [0.4, 0.5) is 0 Å². The standard InChI is InChI=1S/C14H29NO3/c1-13(2)15-12-14(6-4-5-7-14)18-11-10-17-9-8-16-3/h13,15H,4-12H2,1-3H3. The van der Waals surface area contributed by atoms with Crippen molar-refractivity contribution >= 4 is 0 Å². The molecule has 0 radical (unpaired) electrons. The Balaban J connectivity index is 2.17. The minimum atomic E-state index is 0.0505. The quantitative estimate of drug-likeness (QED) is 0.609. The first-order valence-electron chi connectivity index (χ1n) is 7.12. The maximum Gasteiger partial charge on any atom is 0.0807 e. The first-order valence-corrected chi connectivity index (χ1v) is 7.12. The molecule has 0 bridgehead atoms. The van der Waals surface area contributed by atoms with Gasteiger partial charge in [-0.1, -0.05) is 26.7 Å². The van der Waals surface area contributed by atoms with Crippen molar-refractivity contribution in [2.75, 3.05) is 40.1 Å². The van der Waals surface area contributed by atoms with Crippen molar-refractivity contribution in [3.63, 3.8) is 0 Å². The second kappa shape index (κ2) is 8.86. The molecule has 4 heteroatoms. The summed E-state index contributed by atoms with van der Waals surface area (Å²) in [4.78, 5) is 0. The van der Waals surface area contributed by atoms with E-state index in [1.165, 1.54) is 25.7 Å². The Hall–Kier alpha value is -0.160. The molecule has 0 amide bonds. The highest BCUT2D eigenvalue weighted by Gasteiger charge is 2.34. The highest BCUT2D eigenvalue weighted by molar-refractivity contribution is 4.89. The molecule has 0 saturated heterocycles. The molecule has 4 nitrogen and oxygen atoms in total. The van der Waals surface area contributed by atoms with Crippen molar-refractivity contribution in [3.8, 4) is 0 Å². The summed E-state index contributed by atoms with van der Waals surface area (Å²) in [5.74, 6) is 0. The highest BCUT2D eigenvalue weighted by Crippen LogP contribution is 2.32. The van der Waals surface area contributed by atoms with E-state index < -0.39 is 0 Å². The zero-order valence-electron chi connectivity index (χ0n) is 12.2. The largest absolute Gasteiger partial charge is 0.382 e. The van der Waals surface area contributed by atoms with Gasteiger partial charge in [-0.05, 0) is 12.8 Å². The maximum atomic E-state index is 6.09. The summed E-state index contributed by atoms with van der Waals surface area (Å²) in [7, 11) is 1.69. The van der Waals surface area contributed by atoms with Crippen LogP contribution in [0.1, 0.15) is 39.5 Å². The Morgan fingerprint density at radius 1 is 1.06 bits per heavy atom. The van der Waals surface area contributed by atoms with Crippen molar-refractivity contribution < 1.29 is 14.2 Å². The first kappa shape index (κ1) is 15.9. The van der Waals surface area contributed by atoms with Gasteiger partial charge in [0.05, 0.1) is 32.0 Å². The molecule has 1 N–H and O–H groups in total. The van der Waals surface area contributed by atoms with E-state index in [1.807, 2.05) is 0 Å². The molecule has 0 unspecified atom stereocenters. The summed E-state index contributed by atoms with van der Waals surface area (Å²) >= 11 is 0. The molecule has 108 valence electrons. The molecule has 18 heavy (non-hydrogen) atoms. The van der Waals surface area contributed by atoms with Gasteiger partial charge in [0.25, 0.3) is 0 Å². The number of hydrogen-bond acceptors (Lipinski definition) is 4. The molecule has 1 fully saturated rings. The summed E-state index contributed by atoms with van der Waals surface area (Å²) < 4.78 is 16.5. The molecule has 1 aliphatic rings. The van der Waals surface area contributed by atoms with Gasteiger partial charge in [-0.3, -0.25) is 0 Å². The fourth-order valence-corrected chi connectivity index (χ4v) is 2.34.